The molecular weight excluding hydrogens is 394 g/mol. The van der Waals surface area contributed by atoms with Gasteiger partial charge in [0.15, 0.2) is 0 Å². The van der Waals surface area contributed by atoms with Gasteiger partial charge in [0.05, 0.1) is 0 Å². The van der Waals surface area contributed by atoms with Crippen molar-refractivity contribution in [1.82, 2.24) is 0 Å². The van der Waals surface area contributed by atoms with Gasteiger partial charge in [-0.15, -0.1) is 0 Å². The van der Waals surface area contributed by atoms with Crippen molar-refractivity contribution in [2.75, 3.05) is 19.9 Å². The quantitative estimate of drug-likeness (QED) is 0.176. The lowest BCUT2D eigenvalue weighted by Gasteiger charge is -2.14. The van der Waals surface area contributed by atoms with Gasteiger partial charge in [0.25, 0.3) is 7.72 Å². The van der Waals surface area contributed by atoms with Crippen LogP contribution in [0.25, 0.3) is 0 Å². The van der Waals surface area contributed by atoms with Gasteiger partial charge >= 0.3 is 7.82 Å². The van der Waals surface area contributed by atoms with Crippen molar-refractivity contribution in [2.24, 2.45) is 0 Å². The fraction of sp³-hybridized carbons (Fsp3) is 0.619. The molecule has 0 aliphatic rings. The third kappa shape index (κ3) is 18.8. The van der Waals surface area contributed by atoms with Gasteiger partial charge in [0, 0.05) is 0 Å². The molecular formula is C21H39O5P2+. The Labute approximate surface area is 172 Å². The zero-order valence-electron chi connectivity index (χ0n) is 18.4. The van der Waals surface area contributed by atoms with Crippen molar-refractivity contribution in [3.05, 3.63) is 47.1 Å². The SMILES string of the molecule is CC(C)=CCC/C=C/CC/C(C)=C/CC/C(C)=C/CO[P+](C)(C)OP(=O)(O)O. The van der Waals surface area contributed by atoms with Crippen molar-refractivity contribution >= 4 is 15.5 Å². The Morgan fingerprint density at radius 3 is 2.04 bits per heavy atom. The number of allylic oxidation sites excluding steroid dienone is 7. The fourth-order valence-electron chi connectivity index (χ4n) is 2.40. The highest BCUT2D eigenvalue weighted by Gasteiger charge is 2.38. The maximum Gasteiger partial charge on any atom is 0.505 e. The zero-order chi connectivity index (χ0) is 21.6. The van der Waals surface area contributed by atoms with Gasteiger partial charge in [-0.1, -0.05) is 51.4 Å². The van der Waals surface area contributed by atoms with Crippen molar-refractivity contribution < 1.29 is 23.2 Å². The monoisotopic (exact) mass is 433 g/mol. The summed E-state index contributed by atoms with van der Waals surface area (Å²) in [5.74, 6) is 0. The second-order valence-corrected chi connectivity index (χ2v) is 12.0. The minimum Gasteiger partial charge on any atom is -0.300 e. The number of phosphoric acid groups is 1. The minimum atomic E-state index is -4.51. The Kier molecular flexibility index (Phi) is 14.2. The predicted octanol–water partition coefficient (Wildman–Crippen LogP) is 6.98. The van der Waals surface area contributed by atoms with Gasteiger partial charge < -0.3 is 9.79 Å². The predicted molar refractivity (Wildman–Crippen MR) is 122 cm³/mol. The van der Waals surface area contributed by atoms with E-state index in [1.54, 1.807) is 13.3 Å². The summed E-state index contributed by atoms with van der Waals surface area (Å²) in [6.45, 7) is 12.0. The molecule has 162 valence electrons. The maximum atomic E-state index is 10.9. The molecule has 0 bridgehead atoms. The Morgan fingerprint density at radius 1 is 0.857 bits per heavy atom. The van der Waals surface area contributed by atoms with Crippen LogP contribution in [0.4, 0.5) is 0 Å². The summed E-state index contributed by atoms with van der Waals surface area (Å²) in [6, 6.07) is 0. The summed E-state index contributed by atoms with van der Waals surface area (Å²) in [5, 5.41) is 0. The first kappa shape index (κ1) is 27.5. The number of unbranched alkanes of at least 4 members (excludes halogenated alkanes) is 1. The van der Waals surface area contributed by atoms with Crippen LogP contribution in [-0.2, 0) is 13.4 Å². The lowest BCUT2D eigenvalue weighted by Crippen LogP contribution is -1.99. The number of hydrogen-bond donors (Lipinski definition) is 2. The summed E-state index contributed by atoms with van der Waals surface area (Å²) in [6.07, 6.45) is 17.3. The first-order valence-electron chi connectivity index (χ1n) is 9.76. The highest BCUT2D eigenvalue weighted by atomic mass is 31.3. The molecule has 0 amide bonds. The van der Waals surface area contributed by atoms with Crippen LogP contribution in [0.15, 0.2) is 47.1 Å². The van der Waals surface area contributed by atoms with Crippen LogP contribution in [0.2, 0.25) is 0 Å². The Hall–Kier alpha value is -0.540. The molecule has 0 aliphatic carbocycles. The Balaban J connectivity index is 4.05. The Bertz CT molecular complexity index is 608. The average Bonchev–Trinajstić information content (AvgIpc) is 2.51. The smallest absolute Gasteiger partial charge is 0.300 e. The highest BCUT2D eigenvalue weighted by molar-refractivity contribution is 7.71. The fourth-order valence-corrected chi connectivity index (χ4v) is 5.08. The van der Waals surface area contributed by atoms with E-state index in [1.807, 2.05) is 13.0 Å². The molecule has 0 fully saturated rings. The van der Waals surface area contributed by atoms with E-state index in [-0.39, 0.29) is 0 Å². The molecule has 0 aromatic heterocycles. The van der Waals surface area contributed by atoms with Gasteiger partial charge in [-0.05, 0) is 66.2 Å². The zero-order valence-corrected chi connectivity index (χ0v) is 20.1. The summed E-state index contributed by atoms with van der Waals surface area (Å²) < 4.78 is 21.1. The van der Waals surface area contributed by atoms with Crippen molar-refractivity contribution in [1.29, 1.82) is 0 Å². The summed E-state index contributed by atoms with van der Waals surface area (Å²) in [7, 11) is -7.03. The molecule has 2 N–H and O–H groups in total. The number of hydrogen-bond acceptors (Lipinski definition) is 3. The maximum absolute atomic E-state index is 10.9. The molecule has 0 aromatic carbocycles. The van der Waals surface area contributed by atoms with Gasteiger partial charge in [-0.25, -0.2) is 9.09 Å². The van der Waals surface area contributed by atoms with Crippen LogP contribution in [-0.4, -0.2) is 29.7 Å². The molecule has 28 heavy (non-hydrogen) atoms. The molecule has 0 atom stereocenters. The first-order valence-corrected chi connectivity index (χ1v) is 13.8. The third-order valence-corrected chi connectivity index (χ3v) is 7.10. The van der Waals surface area contributed by atoms with E-state index in [1.165, 1.54) is 16.7 Å². The van der Waals surface area contributed by atoms with Gasteiger partial charge in [0.2, 0.25) is 0 Å². The lowest BCUT2D eigenvalue weighted by molar-refractivity contribution is 0.260. The molecule has 0 heterocycles. The first-order chi connectivity index (χ1) is 12.9. The summed E-state index contributed by atoms with van der Waals surface area (Å²) in [4.78, 5) is 17.7. The van der Waals surface area contributed by atoms with Gasteiger partial charge in [-0.2, -0.15) is 0 Å². The summed E-state index contributed by atoms with van der Waals surface area (Å²) >= 11 is 0. The minimum absolute atomic E-state index is 0.298. The molecule has 0 aliphatic heterocycles. The molecule has 0 aromatic rings. The van der Waals surface area contributed by atoms with E-state index in [0.717, 1.165) is 38.5 Å². The second-order valence-electron chi connectivity index (χ2n) is 7.63. The second kappa shape index (κ2) is 14.4. The average molecular weight is 433 g/mol. The normalized spacial score (nSPS) is 14.0. The van der Waals surface area contributed by atoms with Crippen LogP contribution >= 0.6 is 15.5 Å². The topological polar surface area (TPSA) is 76.0 Å². The summed E-state index contributed by atoms with van der Waals surface area (Å²) in [5.41, 5.74) is 3.97. The van der Waals surface area contributed by atoms with Gasteiger partial charge in [0.1, 0.15) is 19.9 Å². The van der Waals surface area contributed by atoms with E-state index in [0.29, 0.717) is 6.61 Å². The molecule has 5 nitrogen and oxygen atoms in total. The van der Waals surface area contributed by atoms with Crippen molar-refractivity contribution in [3.63, 3.8) is 0 Å². The molecule has 0 radical (unpaired) electrons. The highest BCUT2D eigenvalue weighted by Crippen LogP contribution is 2.64. The van der Waals surface area contributed by atoms with Crippen LogP contribution in [0.5, 0.6) is 0 Å². The van der Waals surface area contributed by atoms with E-state index in [9.17, 15) is 4.57 Å². The molecule has 0 rings (SSSR count). The van der Waals surface area contributed by atoms with Crippen LogP contribution in [0.3, 0.4) is 0 Å². The van der Waals surface area contributed by atoms with Crippen LogP contribution in [0.1, 0.15) is 66.2 Å². The van der Waals surface area contributed by atoms with Crippen molar-refractivity contribution in [3.8, 4) is 0 Å². The molecule has 7 heteroatoms. The molecule has 0 saturated heterocycles. The van der Waals surface area contributed by atoms with E-state index in [2.05, 4.69) is 45.1 Å². The molecule has 0 unspecified atom stereocenters. The van der Waals surface area contributed by atoms with E-state index >= 15 is 0 Å². The van der Waals surface area contributed by atoms with Gasteiger partial charge in [-0.3, -0.25) is 0 Å². The van der Waals surface area contributed by atoms with Crippen LogP contribution < -0.4 is 0 Å². The van der Waals surface area contributed by atoms with Crippen molar-refractivity contribution in [2.45, 2.75) is 66.2 Å². The standard InChI is InChI=1S/C21H38O5P2/c1-19(2)13-10-8-7-9-11-14-20(3)15-12-16-21(4)17-18-25-27(5,6)26-28(22,23)24/h7,9,13,15,17H,8,10-12,14,16,18H2,1-6H3,(H-,22,23,24)/p+1/b9-7+,20-15+,21-17+. The van der Waals surface area contributed by atoms with E-state index in [4.69, 9.17) is 18.6 Å². The third-order valence-electron chi connectivity index (χ3n) is 3.91. The molecule has 0 saturated carbocycles. The number of rotatable bonds is 14. The largest absolute Gasteiger partial charge is 0.505 e. The lowest BCUT2D eigenvalue weighted by atomic mass is 10.1. The van der Waals surface area contributed by atoms with E-state index < -0.39 is 15.5 Å². The van der Waals surface area contributed by atoms with Crippen LogP contribution in [0, 0.1) is 0 Å². The molecule has 0 spiro atoms. The Morgan fingerprint density at radius 2 is 1.43 bits per heavy atom.